The van der Waals surface area contributed by atoms with E-state index in [2.05, 4.69) is 129 Å². The third-order valence-electron chi connectivity index (χ3n) is 7.92. The molecule has 0 saturated heterocycles. The van der Waals surface area contributed by atoms with Crippen molar-refractivity contribution < 1.29 is 0 Å². The predicted octanol–water partition coefficient (Wildman–Crippen LogP) is 9.86. The van der Waals surface area contributed by atoms with E-state index in [1.807, 2.05) is 0 Å². The van der Waals surface area contributed by atoms with Gasteiger partial charge in [-0.05, 0) is 44.5 Å². The number of imidazole rings is 1. The molecule has 0 radical (unpaired) electrons. The first-order valence-corrected chi connectivity index (χ1v) is 13.3. The summed E-state index contributed by atoms with van der Waals surface area (Å²) in [6.07, 6.45) is 2.29. The molecule has 5 aromatic carbocycles. The molecule has 0 atom stereocenters. The summed E-state index contributed by atoms with van der Waals surface area (Å²) in [7, 11) is 0. The van der Waals surface area contributed by atoms with Crippen LogP contribution in [0.15, 0.2) is 97.2 Å². The lowest BCUT2D eigenvalue weighted by atomic mass is 9.87. The lowest BCUT2D eigenvalue weighted by Gasteiger charge is -2.18. The molecule has 180 valence electrons. The molecule has 7 aromatic rings. The van der Waals surface area contributed by atoms with Gasteiger partial charge in [0.25, 0.3) is 0 Å². The number of hydrogen-bond acceptors (Lipinski definition) is 1. The third kappa shape index (κ3) is 3.15. The van der Waals surface area contributed by atoms with Crippen molar-refractivity contribution in [3.63, 3.8) is 0 Å². The van der Waals surface area contributed by atoms with E-state index in [4.69, 9.17) is 4.98 Å². The molecule has 2 nitrogen and oxygen atoms in total. The van der Waals surface area contributed by atoms with E-state index in [0.717, 1.165) is 11.3 Å². The summed E-state index contributed by atoms with van der Waals surface area (Å²) >= 11 is 0. The minimum absolute atomic E-state index is 0.414. The van der Waals surface area contributed by atoms with Gasteiger partial charge in [-0.1, -0.05) is 119 Å². The van der Waals surface area contributed by atoms with Gasteiger partial charge in [-0.3, -0.25) is 4.40 Å². The Morgan fingerprint density at radius 1 is 0.541 bits per heavy atom. The predicted molar refractivity (Wildman–Crippen MR) is 159 cm³/mol. The van der Waals surface area contributed by atoms with Gasteiger partial charge in [0.1, 0.15) is 5.65 Å². The van der Waals surface area contributed by atoms with Crippen LogP contribution in [0.3, 0.4) is 0 Å². The highest BCUT2D eigenvalue weighted by Crippen LogP contribution is 2.42. The summed E-state index contributed by atoms with van der Waals surface area (Å²) in [6, 6.07) is 33.1. The molecule has 2 heteroatoms. The van der Waals surface area contributed by atoms with Crippen LogP contribution in [-0.4, -0.2) is 9.38 Å². The van der Waals surface area contributed by atoms with Gasteiger partial charge >= 0.3 is 0 Å². The first kappa shape index (κ1) is 22.1. The van der Waals surface area contributed by atoms with Crippen molar-refractivity contribution in [3.8, 4) is 11.3 Å². The number of rotatable bonds is 3. The highest BCUT2D eigenvalue weighted by molar-refractivity contribution is 6.31. The fraction of sp³-hybridized carbons (Fsp3) is 0.171. The Morgan fingerprint density at radius 3 is 1.62 bits per heavy atom. The Bertz CT molecular complexity index is 1960. The summed E-state index contributed by atoms with van der Waals surface area (Å²) in [4.78, 5) is 5.40. The molecule has 0 bridgehead atoms. The number of hydrogen-bond donors (Lipinski definition) is 0. The van der Waals surface area contributed by atoms with Crippen LogP contribution < -0.4 is 0 Å². The van der Waals surface area contributed by atoms with Crippen LogP contribution in [0.4, 0.5) is 0 Å². The van der Waals surface area contributed by atoms with Gasteiger partial charge in [-0.15, -0.1) is 0 Å². The molecular formula is C35H30N2. The molecule has 0 N–H and O–H groups in total. The van der Waals surface area contributed by atoms with Crippen LogP contribution in [0.2, 0.25) is 0 Å². The molecule has 0 aliphatic rings. The average molecular weight is 479 g/mol. The molecule has 0 aliphatic carbocycles. The molecule has 0 amide bonds. The molecule has 0 aliphatic heterocycles. The standard InChI is InChI=1S/C35H30N2/c1-21(2)23-18-11-19-24(22(3)4)32(23)31-20-37-34-29-16-9-6-13-26(29)25-12-5-7-14-27(25)33(34)28-15-8-10-17-30(28)35(37)36-31/h5-22H,1-4H3. The summed E-state index contributed by atoms with van der Waals surface area (Å²) in [5, 5.41) is 8.86. The number of nitrogens with zero attached hydrogens (tertiary/aromatic N) is 2. The van der Waals surface area contributed by atoms with E-state index in [0.29, 0.717) is 11.8 Å². The van der Waals surface area contributed by atoms with Crippen molar-refractivity contribution in [1.82, 2.24) is 9.38 Å². The zero-order chi connectivity index (χ0) is 25.3. The van der Waals surface area contributed by atoms with Crippen LogP contribution in [0.1, 0.15) is 50.7 Å². The molecule has 0 unspecified atom stereocenters. The lowest BCUT2D eigenvalue weighted by Crippen LogP contribution is -1.99. The number of benzene rings is 5. The highest BCUT2D eigenvalue weighted by Gasteiger charge is 2.21. The van der Waals surface area contributed by atoms with E-state index < -0.39 is 0 Å². The fourth-order valence-electron chi connectivity index (χ4n) is 6.25. The van der Waals surface area contributed by atoms with Gasteiger partial charge in [-0.25, -0.2) is 4.98 Å². The van der Waals surface area contributed by atoms with Crippen LogP contribution in [0.25, 0.3) is 60.1 Å². The van der Waals surface area contributed by atoms with Gasteiger partial charge in [0.15, 0.2) is 0 Å². The topological polar surface area (TPSA) is 17.3 Å². The normalized spacial score (nSPS) is 12.3. The van der Waals surface area contributed by atoms with Crippen molar-refractivity contribution >= 4 is 48.9 Å². The zero-order valence-corrected chi connectivity index (χ0v) is 21.8. The maximum Gasteiger partial charge on any atom is 0.145 e. The average Bonchev–Trinajstić information content (AvgIpc) is 3.37. The molecule has 2 aromatic heterocycles. The van der Waals surface area contributed by atoms with Gasteiger partial charge in [0, 0.05) is 27.9 Å². The molecule has 0 fully saturated rings. The van der Waals surface area contributed by atoms with Gasteiger partial charge in [0.2, 0.25) is 0 Å². The maximum absolute atomic E-state index is 5.40. The monoisotopic (exact) mass is 478 g/mol. The van der Waals surface area contributed by atoms with E-state index in [1.54, 1.807) is 0 Å². The van der Waals surface area contributed by atoms with Crippen LogP contribution in [-0.2, 0) is 0 Å². The molecule has 7 rings (SSSR count). The second-order valence-corrected chi connectivity index (χ2v) is 10.8. The van der Waals surface area contributed by atoms with Crippen LogP contribution in [0, 0.1) is 0 Å². The van der Waals surface area contributed by atoms with Crippen molar-refractivity contribution in [2.24, 2.45) is 0 Å². The van der Waals surface area contributed by atoms with Gasteiger partial charge in [-0.2, -0.15) is 0 Å². The van der Waals surface area contributed by atoms with Crippen molar-refractivity contribution in [2.75, 3.05) is 0 Å². The largest absolute Gasteiger partial charge is 0.298 e. The minimum Gasteiger partial charge on any atom is -0.298 e. The van der Waals surface area contributed by atoms with E-state index in [-0.39, 0.29) is 0 Å². The zero-order valence-electron chi connectivity index (χ0n) is 21.8. The van der Waals surface area contributed by atoms with Gasteiger partial charge < -0.3 is 0 Å². The van der Waals surface area contributed by atoms with E-state index >= 15 is 0 Å². The van der Waals surface area contributed by atoms with E-state index in [9.17, 15) is 0 Å². The Kier molecular flexibility index (Phi) is 4.87. The first-order chi connectivity index (χ1) is 18.0. The summed E-state index contributed by atoms with van der Waals surface area (Å²) in [6.45, 7) is 9.12. The summed E-state index contributed by atoms with van der Waals surface area (Å²) in [5.74, 6) is 0.827. The van der Waals surface area contributed by atoms with Gasteiger partial charge in [0.05, 0.1) is 11.2 Å². The highest BCUT2D eigenvalue weighted by atomic mass is 15.0. The van der Waals surface area contributed by atoms with Crippen LogP contribution >= 0.6 is 0 Å². The van der Waals surface area contributed by atoms with Crippen molar-refractivity contribution in [1.29, 1.82) is 0 Å². The molecule has 0 spiro atoms. The van der Waals surface area contributed by atoms with Crippen molar-refractivity contribution in [2.45, 2.75) is 39.5 Å². The second kappa shape index (κ2) is 8.18. The molecule has 37 heavy (non-hydrogen) atoms. The molecular weight excluding hydrogens is 448 g/mol. The maximum atomic E-state index is 5.40. The molecule has 0 saturated carbocycles. The summed E-state index contributed by atoms with van der Waals surface area (Å²) < 4.78 is 2.36. The fourth-order valence-corrected chi connectivity index (χ4v) is 6.25. The Morgan fingerprint density at radius 2 is 1.03 bits per heavy atom. The van der Waals surface area contributed by atoms with Crippen molar-refractivity contribution in [3.05, 3.63) is 108 Å². The minimum atomic E-state index is 0.414. The first-order valence-electron chi connectivity index (χ1n) is 13.3. The lowest BCUT2D eigenvalue weighted by molar-refractivity contribution is 0.837. The number of fused-ring (bicyclic) bond motifs is 11. The Labute approximate surface area is 217 Å². The SMILES string of the molecule is CC(C)c1cccc(C(C)C)c1-c1cn2c(n1)c1ccccc1c1c3ccccc3c3ccccc3c12. The Hall–Kier alpha value is -4.17. The van der Waals surface area contributed by atoms with Crippen LogP contribution in [0.5, 0.6) is 0 Å². The quantitative estimate of drug-likeness (QED) is 0.231. The Balaban J connectivity index is 1.75. The number of pyridine rings is 1. The second-order valence-electron chi connectivity index (χ2n) is 10.8. The smallest absolute Gasteiger partial charge is 0.145 e. The van der Waals surface area contributed by atoms with E-state index in [1.165, 1.54) is 59.9 Å². The summed E-state index contributed by atoms with van der Waals surface area (Å²) in [5.41, 5.74) is 7.32. The third-order valence-corrected chi connectivity index (χ3v) is 7.92. The molecule has 2 heterocycles. The number of aromatic nitrogens is 2.